The van der Waals surface area contributed by atoms with Crippen molar-refractivity contribution in [3.63, 3.8) is 0 Å². The number of H-pyrrole nitrogens is 2. The van der Waals surface area contributed by atoms with E-state index in [1.54, 1.807) is 12.1 Å². The van der Waals surface area contributed by atoms with E-state index in [4.69, 9.17) is 9.97 Å². The number of aromatic amines is 2. The van der Waals surface area contributed by atoms with Gasteiger partial charge < -0.3 is 25.5 Å². The molecule has 44 heavy (non-hydrogen) atoms. The van der Waals surface area contributed by atoms with Crippen LogP contribution in [-0.2, 0) is 0 Å². The van der Waals surface area contributed by atoms with Gasteiger partial charge in [-0.2, -0.15) is 0 Å². The van der Waals surface area contributed by atoms with Crippen LogP contribution in [0.1, 0.15) is 110 Å². The van der Waals surface area contributed by atoms with E-state index < -0.39 is 11.6 Å². The van der Waals surface area contributed by atoms with Crippen LogP contribution < -0.4 is 15.5 Å². The van der Waals surface area contributed by atoms with Crippen LogP contribution in [0.25, 0.3) is 22.1 Å². The largest absolute Gasteiger partial charge is 0.357 e. The summed E-state index contributed by atoms with van der Waals surface area (Å²) in [4.78, 5) is 19.1. The molecular weight excluding hydrogens is 556 g/mol. The molecule has 226 valence electrons. The summed E-state index contributed by atoms with van der Waals surface area (Å²) in [6, 6.07) is 16.4. The van der Waals surface area contributed by atoms with Gasteiger partial charge >= 0.3 is 0 Å². The van der Waals surface area contributed by atoms with Crippen molar-refractivity contribution in [2.75, 3.05) is 18.0 Å². The smallest absolute Gasteiger partial charge is 0.131 e. The number of nitrogens with zero attached hydrogens (tertiary/aromatic N) is 3. The molecule has 4 aliphatic rings. The predicted octanol–water partition coefficient (Wildman–Crippen LogP) is 7.53. The standard InChI is InChI=1S/C35H37F2N7/c36-23-17-22(18-24(37)33(23)19-5-6-19)44-31(20-7-9-25-29(15-20)42-34(40-25)27-3-1-13-38-27)11-12-32(44)21-8-10-26-30(16-21)43-35(41-26)28-4-2-14-39-28/h7-10,15-19,27-28,31-32,38-39H,1-6,11-14H2,(H,40,42)(H,41,43)/t27-,28-,31-,32-/m0/s1. The van der Waals surface area contributed by atoms with E-state index >= 15 is 8.78 Å². The number of benzene rings is 3. The minimum absolute atomic E-state index is 0.00639. The fourth-order valence-corrected chi connectivity index (χ4v) is 7.98. The average molecular weight is 594 g/mol. The second-order valence-corrected chi connectivity index (χ2v) is 13.2. The Bertz CT molecular complexity index is 1740. The lowest BCUT2D eigenvalue weighted by Crippen LogP contribution is -2.26. The molecule has 1 saturated carbocycles. The van der Waals surface area contributed by atoms with Crippen molar-refractivity contribution in [2.24, 2.45) is 0 Å². The Hall–Kier alpha value is -3.82. The maximum Gasteiger partial charge on any atom is 0.131 e. The Morgan fingerprint density at radius 3 is 1.61 bits per heavy atom. The zero-order chi connectivity index (χ0) is 29.4. The van der Waals surface area contributed by atoms with Crippen LogP contribution in [0.15, 0.2) is 48.5 Å². The number of hydrogen-bond donors (Lipinski definition) is 4. The maximum absolute atomic E-state index is 15.5. The molecule has 5 aromatic rings. The van der Waals surface area contributed by atoms with Crippen molar-refractivity contribution < 1.29 is 8.78 Å². The Morgan fingerprint density at radius 2 is 1.16 bits per heavy atom. The van der Waals surface area contributed by atoms with Gasteiger partial charge in [-0.1, -0.05) is 12.1 Å². The lowest BCUT2D eigenvalue weighted by atomic mass is 10.0. The van der Waals surface area contributed by atoms with Crippen LogP contribution in [-0.4, -0.2) is 33.0 Å². The number of hydrogen-bond acceptors (Lipinski definition) is 5. The van der Waals surface area contributed by atoms with E-state index in [2.05, 4.69) is 61.9 Å². The lowest BCUT2D eigenvalue weighted by molar-refractivity contribution is 0.553. The molecule has 7 nitrogen and oxygen atoms in total. The zero-order valence-corrected chi connectivity index (χ0v) is 24.7. The van der Waals surface area contributed by atoms with Crippen LogP contribution in [0.5, 0.6) is 0 Å². The number of rotatable bonds is 6. The summed E-state index contributed by atoms with van der Waals surface area (Å²) in [5.41, 5.74) is 6.99. The van der Waals surface area contributed by atoms with Gasteiger partial charge in [0.1, 0.15) is 23.3 Å². The van der Waals surface area contributed by atoms with E-state index in [0.29, 0.717) is 5.69 Å². The molecule has 0 bridgehead atoms. The SMILES string of the molecule is Fc1cc(N2[C@H](c3ccc4nc([C@@H]5CCCN5)[nH]c4c3)CC[C@H]2c2ccc3nc([C@@H]4CCCN4)[nH]c3c2)cc(F)c1C1CC1. The maximum atomic E-state index is 15.5. The van der Waals surface area contributed by atoms with Crippen LogP contribution in [0.2, 0.25) is 0 Å². The first-order valence-electron chi connectivity index (χ1n) is 16.3. The van der Waals surface area contributed by atoms with Crippen LogP contribution in [0.3, 0.4) is 0 Å². The van der Waals surface area contributed by atoms with Crippen molar-refractivity contribution in [1.29, 1.82) is 0 Å². The van der Waals surface area contributed by atoms with Gasteiger partial charge in [0.15, 0.2) is 0 Å². The first kappa shape index (κ1) is 26.6. The summed E-state index contributed by atoms with van der Waals surface area (Å²) in [6.45, 7) is 2.03. The highest BCUT2D eigenvalue weighted by Crippen LogP contribution is 2.50. The minimum atomic E-state index is -0.428. The molecule has 2 aromatic heterocycles. The number of halogens is 2. The van der Waals surface area contributed by atoms with E-state index in [1.165, 1.54) is 0 Å². The third-order valence-corrected chi connectivity index (χ3v) is 10.3. The highest BCUT2D eigenvalue weighted by Gasteiger charge is 2.38. The van der Waals surface area contributed by atoms with Crippen molar-refractivity contribution in [1.82, 2.24) is 30.6 Å². The van der Waals surface area contributed by atoms with Gasteiger partial charge in [-0.3, -0.25) is 0 Å². The third-order valence-electron chi connectivity index (χ3n) is 10.3. The number of imidazole rings is 2. The van der Waals surface area contributed by atoms with Crippen molar-refractivity contribution >= 4 is 27.8 Å². The fraction of sp³-hybridized carbons (Fsp3) is 0.429. The molecule has 5 heterocycles. The molecule has 3 aliphatic heterocycles. The predicted molar refractivity (Wildman–Crippen MR) is 168 cm³/mol. The highest BCUT2D eigenvalue weighted by atomic mass is 19.1. The molecule has 4 N–H and O–H groups in total. The summed E-state index contributed by atoms with van der Waals surface area (Å²) in [7, 11) is 0. The second kappa shape index (κ2) is 10.4. The molecule has 9 heteroatoms. The Labute approximate surface area is 254 Å². The first-order valence-corrected chi connectivity index (χ1v) is 16.3. The van der Waals surface area contributed by atoms with Gasteiger partial charge in [0, 0.05) is 11.3 Å². The van der Waals surface area contributed by atoms with Gasteiger partial charge in [-0.05, 0) is 118 Å². The highest BCUT2D eigenvalue weighted by molar-refractivity contribution is 5.78. The molecule has 0 amide bonds. The Balaban J connectivity index is 1.11. The Kier molecular flexibility index (Phi) is 6.27. The van der Waals surface area contributed by atoms with Gasteiger partial charge in [-0.25, -0.2) is 18.7 Å². The van der Waals surface area contributed by atoms with Crippen molar-refractivity contribution in [3.05, 3.63) is 88.5 Å². The Morgan fingerprint density at radius 1 is 0.636 bits per heavy atom. The van der Waals surface area contributed by atoms with Crippen LogP contribution in [0.4, 0.5) is 14.5 Å². The summed E-state index contributed by atoms with van der Waals surface area (Å²) < 4.78 is 31.1. The van der Waals surface area contributed by atoms with Crippen molar-refractivity contribution in [2.45, 2.75) is 81.5 Å². The number of fused-ring (bicyclic) bond motifs is 2. The number of nitrogens with one attached hydrogen (secondary N) is 4. The van der Waals surface area contributed by atoms with E-state index in [9.17, 15) is 0 Å². The molecule has 0 spiro atoms. The van der Waals surface area contributed by atoms with Crippen molar-refractivity contribution in [3.8, 4) is 0 Å². The van der Waals surface area contributed by atoms with E-state index in [-0.39, 0.29) is 35.6 Å². The fourth-order valence-electron chi connectivity index (χ4n) is 7.98. The molecule has 0 radical (unpaired) electrons. The molecular formula is C35H37F2N7. The number of anilines is 1. The molecule has 4 fully saturated rings. The van der Waals surface area contributed by atoms with Gasteiger partial charge in [-0.15, -0.1) is 0 Å². The van der Waals surface area contributed by atoms with E-state index in [0.717, 1.165) is 109 Å². The van der Waals surface area contributed by atoms with E-state index in [1.807, 2.05) is 0 Å². The number of aromatic nitrogens is 4. The summed E-state index contributed by atoms with van der Waals surface area (Å²) in [5.74, 6) is 1.11. The molecule has 4 atom stereocenters. The first-order chi connectivity index (χ1) is 21.6. The quantitative estimate of drug-likeness (QED) is 0.164. The monoisotopic (exact) mass is 593 g/mol. The summed E-state index contributed by atoms with van der Waals surface area (Å²) in [6.07, 6.45) is 7.92. The van der Waals surface area contributed by atoms with Gasteiger partial charge in [0.2, 0.25) is 0 Å². The third kappa shape index (κ3) is 4.51. The van der Waals surface area contributed by atoms with Gasteiger partial charge in [0.05, 0.1) is 46.2 Å². The van der Waals surface area contributed by atoms with Gasteiger partial charge in [0.25, 0.3) is 0 Å². The summed E-state index contributed by atoms with van der Waals surface area (Å²) in [5, 5.41) is 7.06. The minimum Gasteiger partial charge on any atom is -0.357 e. The molecule has 0 unspecified atom stereocenters. The molecule has 1 aliphatic carbocycles. The van der Waals surface area contributed by atoms with Crippen LogP contribution >= 0.6 is 0 Å². The van der Waals surface area contributed by atoms with Crippen LogP contribution in [0, 0.1) is 11.6 Å². The molecule has 9 rings (SSSR count). The lowest BCUT2D eigenvalue weighted by Gasteiger charge is -2.33. The second-order valence-electron chi connectivity index (χ2n) is 13.2. The summed E-state index contributed by atoms with van der Waals surface area (Å²) >= 11 is 0. The zero-order valence-electron chi connectivity index (χ0n) is 24.7. The molecule has 3 aromatic carbocycles. The molecule has 3 saturated heterocycles. The topological polar surface area (TPSA) is 84.7 Å². The average Bonchev–Trinajstić information content (AvgIpc) is 3.63. The normalized spacial score (nSPS) is 25.6.